The van der Waals surface area contributed by atoms with Crippen molar-refractivity contribution in [2.24, 2.45) is 11.1 Å². The van der Waals surface area contributed by atoms with Crippen molar-refractivity contribution in [3.05, 3.63) is 70.7 Å². The summed E-state index contributed by atoms with van der Waals surface area (Å²) >= 11 is 5.88. The van der Waals surface area contributed by atoms with Gasteiger partial charge in [-0.05, 0) is 24.1 Å². The van der Waals surface area contributed by atoms with E-state index in [1.807, 2.05) is 42.5 Å². The number of carbonyl (C=O) groups excluding carboxylic acids is 1. The van der Waals surface area contributed by atoms with E-state index < -0.39 is 0 Å². The molecule has 4 heteroatoms. The van der Waals surface area contributed by atoms with Crippen LogP contribution in [0.1, 0.15) is 11.1 Å². The Labute approximate surface area is 121 Å². The minimum Gasteiger partial charge on any atom is -0.317 e. The quantitative estimate of drug-likeness (QED) is 0.810. The van der Waals surface area contributed by atoms with Gasteiger partial charge in [-0.2, -0.15) is 0 Å². The SMILES string of the molecule is O=C1ON=C(c2ccc(Cl)cc2)C1Cc1ccccc1. The molecule has 100 valence electrons. The fraction of sp³-hybridized carbons (Fsp3) is 0.125. The van der Waals surface area contributed by atoms with E-state index in [0.29, 0.717) is 17.2 Å². The third-order valence-corrected chi connectivity index (χ3v) is 3.52. The first-order chi connectivity index (χ1) is 9.74. The van der Waals surface area contributed by atoms with Crippen LogP contribution in [-0.4, -0.2) is 11.7 Å². The molecular weight excluding hydrogens is 274 g/mol. The van der Waals surface area contributed by atoms with Gasteiger partial charge in [0.15, 0.2) is 0 Å². The highest BCUT2D eigenvalue weighted by molar-refractivity contribution is 6.30. The predicted molar refractivity (Wildman–Crippen MR) is 77.7 cm³/mol. The van der Waals surface area contributed by atoms with Crippen molar-refractivity contribution >= 4 is 23.3 Å². The van der Waals surface area contributed by atoms with Crippen molar-refractivity contribution in [3.63, 3.8) is 0 Å². The van der Waals surface area contributed by atoms with Crippen LogP contribution in [0, 0.1) is 5.92 Å². The second-order valence-electron chi connectivity index (χ2n) is 4.64. The van der Waals surface area contributed by atoms with Gasteiger partial charge in [0.2, 0.25) is 0 Å². The first-order valence-corrected chi connectivity index (χ1v) is 6.70. The van der Waals surface area contributed by atoms with Gasteiger partial charge < -0.3 is 4.84 Å². The van der Waals surface area contributed by atoms with Crippen LogP contribution in [0.25, 0.3) is 0 Å². The molecule has 0 amide bonds. The van der Waals surface area contributed by atoms with E-state index >= 15 is 0 Å². The second kappa shape index (κ2) is 5.47. The summed E-state index contributed by atoms with van der Waals surface area (Å²) in [5.74, 6) is -0.669. The summed E-state index contributed by atoms with van der Waals surface area (Å²) in [5.41, 5.74) is 2.61. The summed E-state index contributed by atoms with van der Waals surface area (Å²) in [5, 5.41) is 4.57. The maximum atomic E-state index is 11.9. The lowest BCUT2D eigenvalue weighted by Gasteiger charge is -2.09. The first kappa shape index (κ1) is 12.9. The van der Waals surface area contributed by atoms with Crippen molar-refractivity contribution in [3.8, 4) is 0 Å². The number of carbonyl (C=O) groups is 1. The Bertz CT molecular complexity index is 650. The summed E-state index contributed by atoms with van der Waals surface area (Å²) in [7, 11) is 0. The maximum absolute atomic E-state index is 11.9. The summed E-state index contributed by atoms with van der Waals surface area (Å²) in [6.07, 6.45) is 0.584. The Kier molecular flexibility index (Phi) is 3.52. The highest BCUT2D eigenvalue weighted by Crippen LogP contribution is 2.23. The minimum atomic E-state index is -0.362. The van der Waals surface area contributed by atoms with Crippen LogP contribution < -0.4 is 0 Å². The molecular formula is C16H12ClNO2. The van der Waals surface area contributed by atoms with Gasteiger partial charge in [0.1, 0.15) is 11.6 Å². The van der Waals surface area contributed by atoms with Gasteiger partial charge in [0.05, 0.1) is 0 Å². The van der Waals surface area contributed by atoms with Crippen LogP contribution in [0.15, 0.2) is 59.8 Å². The van der Waals surface area contributed by atoms with Gasteiger partial charge in [-0.15, -0.1) is 0 Å². The number of hydrogen-bond acceptors (Lipinski definition) is 3. The summed E-state index contributed by atoms with van der Waals surface area (Å²) in [4.78, 5) is 16.7. The molecule has 1 unspecified atom stereocenters. The smallest absolute Gasteiger partial charge is 0.317 e. The lowest BCUT2D eigenvalue weighted by Crippen LogP contribution is -2.21. The van der Waals surface area contributed by atoms with Crippen LogP contribution in [0.4, 0.5) is 0 Å². The zero-order chi connectivity index (χ0) is 13.9. The maximum Gasteiger partial charge on any atom is 0.344 e. The number of benzene rings is 2. The number of oxime groups is 1. The highest BCUT2D eigenvalue weighted by Gasteiger charge is 2.33. The fourth-order valence-corrected chi connectivity index (χ4v) is 2.36. The van der Waals surface area contributed by atoms with Crippen molar-refractivity contribution in [1.82, 2.24) is 0 Å². The summed E-state index contributed by atoms with van der Waals surface area (Å²) in [6.45, 7) is 0. The van der Waals surface area contributed by atoms with Crippen molar-refractivity contribution < 1.29 is 9.63 Å². The molecule has 0 N–H and O–H groups in total. The average molecular weight is 286 g/mol. The van der Waals surface area contributed by atoms with E-state index in [1.54, 1.807) is 12.1 Å². The molecule has 0 saturated carbocycles. The van der Waals surface area contributed by atoms with Gasteiger partial charge in [0.25, 0.3) is 0 Å². The number of rotatable bonds is 3. The summed E-state index contributed by atoms with van der Waals surface area (Å²) in [6, 6.07) is 17.1. The van der Waals surface area contributed by atoms with Crippen molar-refractivity contribution in [1.29, 1.82) is 0 Å². The third-order valence-electron chi connectivity index (χ3n) is 3.27. The fourth-order valence-electron chi connectivity index (χ4n) is 2.24. The average Bonchev–Trinajstić information content (AvgIpc) is 2.83. The Hall–Kier alpha value is -2.13. The van der Waals surface area contributed by atoms with E-state index in [-0.39, 0.29) is 11.9 Å². The Morgan fingerprint density at radius 1 is 1.05 bits per heavy atom. The van der Waals surface area contributed by atoms with Gasteiger partial charge in [0, 0.05) is 10.6 Å². The number of nitrogens with zero attached hydrogens (tertiary/aromatic N) is 1. The molecule has 1 aliphatic rings. The summed E-state index contributed by atoms with van der Waals surface area (Å²) < 4.78 is 0. The first-order valence-electron chi connectivity index (χ1n) is 6.32. The van der Waals surface area contributed by atoms with Crippen molar-refractivity contribution in [2.75, 3.05) is 0 Å². The van der Waals surface area contributed by atoms with Gasteiger partial charge in [-0.25, -0.2) is 4.79 Å². The largest absolute Gasteiger partial charge is 0.344 e. The standard InChI is InChI=1S/C16H12ClNO2/c17-13-8-6-12(7-9-13)15-14(16(19)20-18-15)10-11-4-2-1-3-5-11/h1-9,14H,10H2. The normalized spacial score (nSPS) is 17.8. The Morgan fingerprint density at radius 3 is 2.45 bits per heavy atom. The lowest BCUT2D eigenvalue weighted by atomic mass is 9.91. The number of halogens is 1. The lowest BCUT2D eigenvalue weighted by molar-refractivity contribution is -0.143. The minimum absolute atomic E-state index is 0.307. The van der Waals surface area contributed by atoms with E-state index in [2.05, 4.69) is 5.16 Å². The molecule has 0 radical (unpaired) electrons. The molecule has 1 heterocycles. The van der Waals surface area contributed by atoms with Crippen molar-refractivity contribution in [2.45, 2.75) is 6.42 Å². The van der Waals surface area contributed by atoms with Crippen LogP contribution in [0.2, 0.25) is 5.02 Å². The van der Waals surface area contributed by atoms with Gasteiger partial charge in [-0.3, -0.25) is 0 Å². The van der Waals surface area contributed by atoms with E-state index in [0.717, 1.165) is 11.1 Å². The zero-order valence-electron chi connectivity index (χ0n) is 10.6. The topological polar surface area (TPSA) is 38.7 Å². The predicted octanol–water partition coefficient (Wildman–Crippen LogP) is 3.46. The van der Waals surface area contributed by atoms with E-state index in [4.69, 9.17) is 16.4 Å². The van der Waals surface area contributed by atoms with Crippen LogP contribution in [0.3, 0.4) is 0 Å². The molecule has 1 aliphatic heterocycles. The Balaban J connectivity index is 1.87. The molecule has 3 rings (SSSR count). The number of hydrogen-bond donors (Lipinski definition) is 0. The van der Waals surface area contributed by atoms with E-state index in [1.165, 1.54) is 0 Å². The zero-order valence-corrected chi connectivity index (χ0v) is 11.4. The van der Waals surface area contributed by atoms with Crippen LogP contribution in [-0.2, 0) is 16.1 Å². The molecule has 0 fully saturated rings. The molecule has 1 atom stereocenters. The third kappa shape index (κ3) is 2.58. The molecule has 0 spiro atoms. The molecule has 2 aromatic rings. The monoisotopic (exact) mass is 285 g/mol. The molecule has 0 aliphatic carbocycles. The molecule has 20 heavy (non-hydrogen) atoms. The molecule has 3 nitrogen and oxygen atoms in total. The van der Waals surface area contributed by atoms with E-state index in [9.17, 15) is 4.79 Å². The highest BCUT2D eigenvalue weighted by atomic mass is 35.5. The van der Waals surface area contributed by atoms with Gasteiger partial charge in [-0.1, -0.05) is 59.2 Å². The molecule has 0 bridgehead atoms. The van der Waals surface area contributed by atoms with Gasteiger partial charge >= 0.3 is 5.97 Å². The van der Waals surface area contributed by atoms with Crippen LogP contribution in [0.5, 0.6) is 0 Å². The van der Waals surface area contributed by atoms with Crippen LogP contribution >= 0.6 is 11.6 Å². The molecule has 2 aromatic carbocycles. The molecule has 0 aromatic heterocycles. The Morgan fingerprint density at radius 2 is 1.75 bits per heavy atom. The second-order valence-corrected chi connectivity index (χ2v) is 5.07. The molecule has 0 saturated heterocycles.